The maximum Gasteiger partial charge on any atom is 0.225 e. The topological polar surface area (TPSA) is 49.4 Å². The van der Waals surface area contributed by atoms with Gasteiger partial charge in [0.1, 0.15) is 0 Å². The highest BCUT2D eigenvalue weighted by molar-refractivity contribution is 5.84. The lowest BCUT2D eigenvalue weighted by molar-refractivity contribution is -0.139. The van der Waals surface area contributed by atoms with Gasteiger partial charge in [-0.15, -0.1) is 0 Å². The second kappa shape index (κ2) is 9.92. The van der Waals surface area contributed by atoms with Gasteiger partial charge < -0.3 is 10.2 Å². The Balaban J connectivity index is 1.44. The number of hydrogen-bond donors (Lipinski definition) is 1. The van der Waals surface area contributed by atoms with Crippen molar-refractivity contribution in [3.8, 4) is 0 Å². The van der Waals surface area contributed by atoms with E-state index in [1.165, 1.54) is 32.1 Å². The summed E-state index contributed by atoms with van der Waals surface area (Å²) >= 11 is 0. The number of rotatable bonds is 6. The Hall–Kier alpha value is -2.62. The van der Waals surface area contributed by atoms with Gasteiger partial charge in [0.2, 0.25) is 11.8 Å². The summed E-state index contributed by atoms with van der Waals surface area (Å²) in [6, 6.07) is 20.0. The van der Waals surface area contributed by atoms with E-state index in [4.69, 9.17) is 0 Å². The molecule has 2 fully saturated rings. The molecule has 0 aromatic heterocycles. The van der Waals surface area contributed by atoms with Gasteiger partial charge in [-0.2, -0.15) is 0 Å². The maximum absolute atomic E-state index is 13.3. The predicted molar refractivity (Wildman–Crippen MR) is 119 cm³/mol. The van der Waals surface area contributed by atoms with E-state index in [2.05, 4.69) is 29.6 Å². The smallest absolute Gasteiger partial charge is 0.225 e. The van der Waals surface area contributed by atoms with Crippen molar-refractivity contribution in [1.29, 1.82) is 0 Å². The molecule has 0 spiro atoms. The molecule has 158 valence electrons. The van der Waals surface area contributed by atoms with Crippen molar-refractivity contribution in [2.24, 2.45) is 11.8 Å². The van der Waals surface area contributed by atoms with Crippen LogP contribution < -0.4 is 5.32 Å². The minimum absolute atomic E-state index is 0.0499. The quantitative estimate of drug-likeness (QED) is 0.758. The summed E-state index contributed by atoms with van der Waals surface area (Å²) in [6.07, 6.45) is 7.40. The minimum Gasteiger partial charge on any atom is -0.345 e. The van der Waals surface area contributed by atoms with Crippen LogP contribution in [0.5, 0.6) is 0 Å². The summed E-state index contributed by atoms with van der Waals surface area (Å²) in [7, 11) is 0. The second-order valence-electron chi connectivity index (χ2n) is 8.80. The molecular weight excluding hydrogens is 372 g/mol. The van der Waals surface area contributed by atoms with Crippen molar-refractivity contribution in [1.82, 2.24) is 10.2 Å². The van der Waals surface area contributed by atoms with Crippen LogP contribution in [0, 0.1) is 11.8 Å². The van der Waals surface area contributed by atoms with Crippen LogP contribution in [0.2, 0.25) is 0 Å². The Morgan fingerprint density at radius 2 is 1.50 bits per heavy atom. The molecule has 1 unspecified atom stereocenters. The van der Waals surface area contributed by atoms with E-state index in [-0.39, 0.29) is 23.8 Å². The number of nitrogens with zero attached hydrogens (tertiary/aromatic N) is 1. The lowest BCUT2D eigenvalue weighted by Gasteiger charge is -2.36. The number of carbonyl (C=O) groups excluding carboxylic acids is 2. The largest absolute Gasteiger partial charge is 0.345 e. The molecule has 30 heavy (non-hydrogen) atoms. The van der Waals surface area contributed by atoms with Crippen LogP contribution in [-0.2, 0) is 9.59 Å². The third-order valence-corrected chi connectivity index (χ3v) is 6.63. The lowest BCUT2D eigenvalue weighted by Crippen LogP contribution is -2.48. The van der Waals surface area contributed by atoms with Crippen LogP contribution in [0.15, 0.2) is 60.7 Å². The van der Waals surface area contributed by atoms with Gasteiger partial charge in [0.25, 0.3) is 0 Å². The van der Waals surface area contributed by atoms with E-state index in [0.29, 0.717) is 25.3 Å². The fraction of sp³-hybridized carbons (Fsp3) is 0.462. The van der Waals surface area contributed by atoms with Crippen molar-refractivity contribution >= 4 is 11.8 Å². The normalized spacial score (nSPS) is 20.4. The van der Waals surface area contributed by atoms with E-state index in [9.17, 15) is 9.59 Å². The SMILES string of the molecule is O=C(NC(c1ccccc1)c1ccccc1)C1CCC(=O)N(CC2CCCCC2)C1. The first-order chi connectivity index (χ1) is 14.7. The molecule has 2 amide bonds. The van der Waals surface area contributed by atoms with Crippen LogP contribution in [0.4, 0.5) is 0 Å². The first-order valence-electron chi connectivity index (χ1n) is 11.4. The molecule has 0 radical (unpaired) electrons. The van der Waals surface area contributed by atoms with Crippen molar-refractivity contribution < 1.29 is 9.59 Å². The van der Waals surface area contributed by atoms with Gasteiger partial charge in [-0.1, -0.05) is 79.9 Å². The van der Waals surface area contributed by atoms with Crippen molar-refractivity contribution in [2.75, 3.05) is 13.1 Å². The van der Waals surface area contributed by atoms with Crippen LogP contribution >= 0.6 is 0 Å². The van der Waals surface area contributed by atoms with Crippen LogP contribution in [0.25, 0.3) is 0 Å². The number of hydrogen-bond acceptors (Lipinski definition) is 2. The summed E-state index contributed by atoms with van der Waals surface area (Å²) in [6.45, 7) is 1.38. The molecule has 4 nitrogen and oxygen atoms in total. The Bertz CT molecular complexity index is 791. The first-order valence-corrected chi connectivity index (χ1v) is 11.4. The molecule has 2 aromatic rings. The van der Waals surface area contributed by atoms with Gasteiger partial charge in [0.15, 0.2) is 0 Å². The van der Waals surface area contributed by atoms with E-state index >= 15 is 0 Å². The number of amides is 2. The predicted octanol–water partition coefficient (Wildman–Crippen LogP) is 4.71. The van der Waals surface area contributed by atoms with E-state index < -0.39 is 0 Å². The molecule has 2 aliphatic rings. The lowest BCUT2D eigenvalue weighted by atomic mass is 9.87. The molecule has 4 rings (SSSR count). The van der Waals surface area contributed by atoms with Gasteiger partial charge in [0.05, 0.1) is 12.0 Å². The molecule has 1 aliphatic carbocycles. The van der Waals surface area contributed by atoms with Gasteiger partial charge in [0, 0.05) is 19.5 Å². The molecular formula is C26H32N2O2. The highest BCUT2D eigenvalue weighted by atomic mass is 16.2. The highest BCUT2D eigenvalue weighted by Gasteiger charge is 2.32. The van der Waals surface area contributed by atoms with Gasteiger partial charge >= 0.3 is 0 Å². The zero-order chi connectivity index (χ0) is 20.8. The molecule has 1 N–H and O–H groups in total. The van der Waals surface area contributed by atoms with E-state index in [1.807, 2.05) is 41.3 Å². The van der Waals surface area contributed by atoms with Crippen LogP contribution in [0.1, 0.15) is 62.1 Å². The van der Waals surface area contributed by atoms with Crippen molar-refractivity contribution in [2.45, 2.75) is 51.0 Å². The first kappa shape index (κ1) is 20.6. The van der Waals surface area contributed by atoms with Crippen molar-refractivity contribution in [3.63, 3.8) is 0 Å². The Morgan fingerprint density at radius 1 is 0.900 bits per heavy atom. The summed E-state index contributed by atoms with van der Waals surface area (Å²) in [5.74, 6) is 0.730. The summed E-state index contributed by atoms with van der Waals surface area (Å²) < 4.78 is 0. The van der Waals surface area contributed by atoms with E-state index in [0.717, 1.165) is 17.7 Å². The van der Waals surface area contributed by atoms with Crippen LogP contribution in [0.3, 0.4) is 0 Å². The maximum atomic E-state index is 13.3. The summed E-state index contributed by atoms with van der Waals surface area (Å²) in [5, 5.41) is 3.28. The molecule has 1 saturated heterocycles. The number of nitrogens with one attached hydrogen (secondary N) is 1. The number of carbonyl (C=O) groups is 2. The molecule has 2 aromatic carbocycles. The fourth-order valence-electron chi connectivity index (χ4n) is 4.90. The molecule has 1 heterocycles. The van der Waals surface area contributed by atoms with Gasteiger partial charge in [-0.3, -0.25) is 9.59 Å². The Morgan fingerprint density at radius 3 is 2.10 bits per heavy atom. The average molecular weight is 405 g/mol. The number of piperidine rings is 1. The zero-order valence-electron chi connectivity index (χ0n) is 17.6. The van der Waals surface area contributed by atoms with Gasteiger partial charge in [-0.05, 0) is 36.3 Å². The number of likely N-dealkylation sites (tertiary alicyclic amines) is 1. The molecule has 1 saturated carbocycles. The Labute approximate surface area is 179 Å². The van der Waals surface area contributed by atoms with Crippen LogP contribution in [-0.4, -0.2) is 29.8 Å². The van der Waals surface area contributed by atoms with Crippen molar-refractivity contribution in [3.05, 3.63) is 71.8 Å². The fourth-order valence-corrected chi connectivity index (χ4v) is 4.90. The van der Waals surface area contributed by atoms with E-state index in [1.54, 1.807) is 0 Å². The summed E-state index contributed by atoms with van der Waals surface area (Å²) in [4.78, 5) is 27.7. The molecule has 1 atom stereocenters. The molecule has 1 aliphatic heterocycles. The average Bonchev–Trinajstić information content (AvgIpc) is 2.80. The minimum atomic E-state index is -0.177. The zero-order valence-corrected chi connectivity index (χ0v) is 17.6. The van der Waals surface area contributed by atoms with Gasteiger partial charge in [-0.25, -0.2) is 0 Å². The molecule has 4 heteroatoms. The third-order valence-electron chi connectivity index (χ3n) is 6.63. The third kappa shape index (κ3) is 5.10. The number of benzene rings is 2. The monoisotopic (exact) mass is 404 g/mol. The highest BCUT2D eigenvalue weighted by Crippen LogP contribution is 2.28. The summed E-state index contributed by atoms with van der Waals surface area (Å²) in [5.41, 5.74) is 2.14. The Kier molecular flexibility index (Phi) is 6.83. The second-order valence-corrected chi connectivity index (χ2v) is 8.80. The molecule has 0 bridgehead atoms. The standard InChI is InChI=1S/C26H32N2O2/c29-24-17-16-23(19-28(24)18-20-10-4-1-5-11-20)26(30)27-25(21-12-6-2-7-13-21)22-14-8-3-9-15-22/h2-3,6-9,12-15,20,23,25H,1,4-5,10-11,16-19H2,(H,27,30).